The van der Waals surface area contributed by atoms with Gasteiger partial charge in [0.2, 0.25) is 0 Å². The number of carbonyl (C=O) groups excluding carboxylic acids is 1. The van der Waals surface area contributed by atoms with E-state index in [0.29, 0.717) is 5.69 Å². The zero-order valence-corrected chi connectivity index (χ0v) is 8.60. The maximum Gasteiger partial charge on any atom is 0.327 e. The van der Waals surface area contributed by atoms with Gasteiger partial charge in [0.15, 0.2) is 0 Å². The molecule has 76 valence electrons. The molecule has 0 radical (unpaired) electrons. The molecule has 0 aliphatic heterocycles. The van der Waals surface area contributed by atoms with Crippen LogP contribution in [-0.4, -0.2) is 22.9 Å². The van der Waals surface area contributed by atoms with E-state index in [0.717, 1.165) is 0 Å². The van der Waals surface area contributed by atoms with Crippen LogP contribution in [0.5, 0.6) is 0 Å². The molecule has 0 aliphatic carbocycles. The van der Waals surface area contributed by atoms with Crippen molar-refractivity contribution in [1.82, 2.24) is 9.78 Å². The van der Waals surface area contributed by atoms with Crippen LogP contribution in [0.3, 0.4) is 0 Å². The van der Waals surface area contributed by atoms with E-state index >= 15 is 0 Å². The third kappa shape index (κ3) is 4.59. The Kier molecular flexibility index (Phi) is 7.36. The van der Waals surface area contributed by atoms with Gasteiger partial charge in [-0.05, 0) is 0 Å². The Bertz CT molecular complexity index is 264. The fraction of sp³-hybridized carbons (Fsp3) is 0.333. The van der Waals surface area contributed by atoms with Crippen molar-refractivity contribution in [2.75, 3.05) is 12.8 Å². The predicted molar refractivity (Wildman–Crippen MR) is 53.2 cm³/mol. The van der Waals surface area contributed by atoms with Crippen molar-refractivity contribution in [1.29, 1.82) is 0 Å². The third-order valence-corrected chi connectivity index (χ3v) is 1.17. The number of esters is 1. The average molecular weight is 228 g/mol. The quantitative estimate of drug-likeness (QED) is 0.747. The highest BCUT2D eigenvalue weighted by Gasteiger charge is 2.01. The highest BCUT2D eigenvalue weighted by Crippen LogP contribution is 1.97. The second kappa shape index (κ2) is 6.56. The summed E-state index contributed by atoms with van der Waals surface area (Å²) in [4.78, 5) is 10.7. The molecule has 0 atom stereocenters. The Morgan fingerprint density at radius 1 is 1.69 bits per heavy atom. The summed E-state index contributed by atoms with van der Waals surface area (Å²) in [5, 5.41) is 3.79. The summed E-state index contributed by atoms with van der Waals surface area (Å²) in [5.74, 6) is -0.340. The Labute approximate surface area is 88.1 Å². The van der Waals surface area contributed by atoms with Crippen molar-refractivity contribution in [2.45, 2.75) is 6.54 Å². The molecule has 0 saturated carbocycles. The van der Waals surface area contributed by atoms with Crippen LogP contribution in [0, 0.1) is 0 Å². The number of halogens is 2. The lowest BCUT2D eigenvalue weighted by atomic mass is 10.6. The van der Waals surface area contributed by atoms with Gasteiger partial charge in [-0.2, -0.15) is 5.10 Å². The van der Waals surface area contributed by atoms with Gasteiger partial charge in [-0.25, -0.2) is 0 Å². The van der Waals surface area contributed by atoms with Gasteiger partial charge in [0.1, 0.15) is 6.54 Å². The molecule has 7 heteroatoms. The first kappa shape index (κ1) is 14.6. The van der Waals surface area contributed by atoms with E-state index in [1.54, 1.807) is 6.20 Å². The summed E-state index contributed by atoms with van der Waals surface area (Å²) < 4.78 is 5.84. The number of ether oxygens (including phenoxy) is 1. The van der Waals surface area contributed by atoms with Crippen molar-refractivity contribution in [3.05, 3.63) is 12.4 Å². The van der Waals surface area contributed by atoms with Gasteiger partial charge >= 0.3 is 5.97 Å². The average Bonchev–Trinajstić information content (AvgIpc) is 2.35. The first-order valence-electron chi connectivity index (χ1n) is 3.07. The number of hydrogen-bond donors (Lipinski definition) is 1. The molecule has 2 N–H and O–H groups in total. The first-order valence-corrected chi connectivity index (χ1v) is 3.07. The molecule has 0 aliphatic rings. The van der Waals surface area contributed by atoms with Crippen LogP contribution in [0.1, 0.15) is 0 Å². The lowest BCUT2D eigenvalue weighted by Crippen LogP contribution is -2.11. The fourth-order valence-corrected chi connectivity index (χ4v) is 0.663. The van der Waals surface area contributed by atoms with E-state index in [9.17, 15) is 4.79 Å². The largest absolute Gasteiger partial charge is 0.468 e. The zero-order valence-electron chi connectivity index (χ0n) is 6.97. The lowest BCUT2D eigenvalue weighted by molar-refractivity contribution is -0.141. The Morgan fingerprint density at radius 2 is 2.31 bits per heavy atom. The lowest BCUT2D eigenvalue weighted by Gasteiger charge is -1.97. The maximum absolute atomic E-state index is 10.7. The van der Waals surface area contributed by atoms with E-state index in [1.165, 1.54) is 18.0 Å². The molecule has 0 saturated heterocycles. The zero-order chi connectivity index (χ0) is 8.27. The van der Waals surface area contributed by atoms with Crippen LogP contribution in [0.4, 0.5) is 5.69 Å². The summed E-state index contributed by atoms with van der Waals surface area (Å²) in [7, 11) is 1.33. The summed E-state index contributed by atoms with van der Waals surface area (Å²) in [6, 6.07) is 0. The summed E-state index contributed by atoms with van der Waals surface area (Å²) in [5.41, 5.74) is 5.90. The van der Waals surface area contributed by atoms with Crippen LogP contribution in [-0.2, 0) is 16.1 Å². The minimum absolute atomic E-state index is 0. The molecular formula is C6H11Cl2N3O2. The van der Waals surface area contributed by atoms with Crippen LogP contribution in [0.25, 0.3) is 0 Å². The van der Waals surface area contributed by atoms with E-state index < -0.39 is 0 Å². The SMILES string of the molecule is COC(=O)Cn1cc(N)cn1.Cl.Cl. The van der Waals surface area contributed by atoms with Gasteiger partial charge in [-0.1, -0.05) is 0 Å². The van der Waals surface area contributed by atoms with E-state index in [-0.39, 0.29) is 37.3 Å². The molecule has 0 aromatic carbocycles. The summed E-state index contributed by atoms with van der Waals surface area (Å²) >= 11 is 0. The van der Waals surface area contributed by atoms with Gasteiger partial charge in [-0.3, -0.25) is 9.48 Å². The Morgan fingerprint density at radius 3 is 2.69 bits per heavy atom. The topological polar surface area (TPSA) is 70.1 Å². The smallest absolute Gasteiger partial charge is 0.327 e. The molecule has 1 aromatic rings. The number of rotatable bonds is 2. The predicted octanol–water partition coefficient (Wildman–Crippen LogP) is 0.482. The molecule has 0 unspecified atom stereocenters. The molecule has 5 nitrogen and oxygen atoms in total. The van der Waals surface area contributed by atoms with Crippen LogP contribution >= 0.6 is 24.8 Å². The van der Waals surface area contributed by atoms with Crippen LogP contribution in [0.2, 0.25) is 0 Å². The van der Waals surface area contributed by atoms with Crippen molar-refractivity contribution >= 4 is 36.5 Å². The van der Waals surface area contributed by atoms with Gasteiger partial charge in [-0.15, -0.1) is 24.8 Å². The number of methoxy groups -OCH3 is 1. The molecular weight excluding hydrogens is 217 g/mol. The number of nitrogen functional groups attached to an aromatic ring is 1. The second-order valence-corrected chi connectivity index (χ2v) is 2.05. The molecule has 13 heavy (non-hydrogen) atoms. The highest BCUT2D eigenvalue weighted by molar-refractivity contribution is 5.85. The number of carbonyl (C=O) groups is 1. The molecule has 0 bridgehead atoms. The van der Waals surface area contributed by atoms with E-state index in [4.69, 9.17) is 5.73 Å². The van der Waals surface area contributed by atoms with Crippen molar-refractivity contribution in [3.8, 4) is 0 Å². The molecule has 1 rings (SSSR count). The standard InChI is InChI=1S/C6H9N3O2.2ClH/c1-11-6(10)4-9-3-5(7)2-8-9;;/h2-3H,4,7H2,1H3;2*1H. The van der Waals surface area contributed by atoms with Crippen molar-refractivity contribution in [3.63, 3.8) is 0 Å². The third-order valence-electron chi connectivity index (χ3n) is 1.17. The van der Waals surface area contributed by atoms with Gasteiger partial charge in [0.25, 0.3) is 0 Å². The van der Waals surface area contributed by atoms with Crippen molar-refractivity contribution in [2.24, 2.45) is 0 Å². The number of anilines is 1. The number of aromatic nitrogens is 2. The van der Waals surface area contributed by atoms with E-state index in [2.05, 4.69) is 9.84 Å². The normalized spacial score (nSPS) is 8.08. The number of nitrogens with two attached hydrogens (primary N) is 1. The molecule has 0 amide bonds. The monoisotopic (exact) mass is 227 g/mol. The number of nitrogens with zero attached hydrogens (tertiary/aromatic N) is 2. The number of hydrogen-bond acceptors (Lipinski definition) is 4. The summed E-state index contributed by atoms with van der Waals surface area (Å²) in [6.07, 6.45) is 3.04. The maximum atomic E-state index is 10.7. The Hall–Kier alpha value is -0.940. The van der Waals surface area contributed by atoms with Crippen LogP contribution in [0.15, 0.2) is 12.4 Å². The van der Waals surface area contributed by atoms with Crippen molar-refractivity contribution < 1.29 is 9.53 Å². The van der Waals surface area contributed by atoms with Gasteiger partial charge in [0.05, 0.1) is 19.0 Å². The molecule has 0 fully saturated rings. The van der Waals surface area contributed by atoms with E-state index in [1.807, 2.05) is 0 Å². The highest BCUT2D eigenvalue weighted by atomic mass is 35.5. The molecule has 1 heterocycles. The first-order chi connectivity index (χ1) is 5.22. The van der Waals surface area contributed by atoms with Gasteiger partial charge < -0.3 is 10.5 Å². The fourth-order valence-electron chi connectivity index (χ4n) is 0.663. The van der Waals surface area contributed by atoms with Crippen LogP contribution < -0.4 is 5.73 Å². The summed E-state index contributed by atoms with van der Waals surface area (Å²) in [6.45, 7) is 0.105. The molecule has 0 spiro atoms. The minimum atomic E-state index is -0.340. The second-order valence-electron chi connectivity index (χ2n) is 2.05. The Balaban J connectivity index is 0. The molecule has 1 aromatic heterocycles. The minimum Gasteiger partial charge on any atom is -0.468 e. The van der Waals surface area contributed by atoms with Gasteiger partial charge in [0, 0.05) is 6.20 Å².